The van der Waals surface area contributed by atoms with E-state index >= 15 is 0 Å². The number of para-hydroxylation sites is 2. The van der Waals surface area contributed by atoms with Gasteiger partial charge in [0.1, 0.15) is 5.82 Å². The first kappa shape index (κ1) is 12.4. The fourth-order valence-electron chi connectivity index (χ4n) is 2.59. The van der Waals surface area contributed by atoms with Gasteiger partial charge in [0.2, 0.25) is 0 Å². The van der Waals surface area contributed by atoms with Crippen molar-refractivity contribution >= 4 is 33.4 Å². The first-order valence-corrected chi connectivity index (χ1v) is 6.93. The first-order valence-electron chi connectivity index (χ1n) is 6.55. The van der Waals surface area contributed by atoms with Crippen molar-refractivity contribution in [2.24, 2.45) is 0 Å². The van der Waals surface area contributed by atoms with Crippen LogP contribution in [-0.2, 0) is 0 Å². The second kappa shape index (κ2) is 4.57. The predicted molar refractivity (Wildman–Crippen MR) is 84.0 cm³/mol. The van der Waals surface area contributed by atoms with Gasteiger partial charge in [-0.2, -0.15) is 0 Å². The molecule has 4 rings (SSSR count). The van der Waals surface area contributed by atoms with Crippen LogP contribution >= 0.6 is 11.6 Å². The van der Waals surface area contributed by atoms with Gasteiger partial charge in [-0.1, -0.05) is 41.9 Å². The van der Waals surface area contributed by atoms with Crippen LogP contribution in [0.4, 0.5) is 4.39 Å². The van der Waals surface area contributed by atoms with Crippen molar-refractivity contribution in [2.75, 3.05) is 0 Å². The number of benzene rings is 2. The van der Waals surface area contributed by atoms with E-state index in [0.29, 0.717) is 10.5 Å². The van der Waals surface area contributed by atoms with E-state index in [4.69, 9.17) is 11.6 Å². The lowest BCUT2D eigenvalue weighted by Crippen LogP contribution is -1.85. The Morgan fingerprint density at radius 2 is 1.86 bits per heavy atom. The van der Waals surface area contributed by atoms with Gasteiger partial charge in [0.05, 0.1) is 21.7 Å². The summed E-state index contributed by atoms with van der Waals surface area (Å²) in [6.07, 6.45) is 1.78. The van der Waals surface area contributed by atoms with Gasteiger partial charge < -0.3 is 4.98 Å². The van der Waals surface area contributed by atoms with Crippen molar-refractivity contribution in [1.82, 2.24) is 9.97 Å². The quantitative estimate of drug-likeness (QED) is 0.515. The maximum Gasteiger partial charge on any atom is 0.147 e. The molecule has 21 heavy (non-hydrogen) atoms. The number of fused-ring (bicyclic) bond motifs is 2. The lowest BCUT2D eigenvalue weighted by molar-refractivity contribution is 0.637. The van der Waals surface area contributed by atoms with Crippen molar-refractivity contribution in [3.05, 3.63) is 65.6 Å². The summed E-state index contributed by atoms with van der Waals surface area (Å²) in [5.41, 5.74) is 2.88. The molecule has 4 heteroatoms. The van der Waals surface area contributed by atoms with Gasteiger partial charge in [-0.05, 0) is 18.2 Å². The van der Waals surface area contributed by atoms with E-state index in [0.717, 1.165) is 27.5 Å². The standard InChI is InChI=1S/C17H10ClFN2/c18-13-5-1-3-10-7-8-15(21-16(10)13)12-9-20-17-11(12)4-2-6-14(17)19/h1-9,20H. The average molecular weight is 297 g/mol. The van der Waals surface area contributed by atoms with Crippen LogP contribution in [-0.4, -0.2) is 9.97 Å². The molecule has 0 bridgehead atoms. The molecule has 0 fully saturated rings. The van der Waals surface area contributed by atoms with Crippen LogP contribution in [0.2, 0.25) is 5.02 Å². The number of halogens is 2. The van der Waals surface area contributed by atoms with Gasteiger partial charge in [-0.3, -0.25) is 0 Å². The molecule has 0 saturated carbocycles. The molecule has 0 aliphatic carbocycles. The minimum Gasteiger partial charge on any atom is -0.358 e. The maximum absolute atomic E-state index is 13.8. The lowest BCUT2D eigenvalue weighted by Gasteiger charge is -2.03. The number of hydrogen-bond donors (Lipinski definition) is 1. The predicted octanol–water partition coefficient (Wildman–Crippen LogP) is 5.18. The average Bonchev–Trinajstić information content (AvgIpc) is 2.93. The highest BCUT2D eigenvalue weighted by Gasteiger charge is 2.11. The smallest absolute Gasteiger partial charge is 0.147 e. The topological polar surface area (TPSA) is 28.7 Å². The van der Waals surface area contributed by atoms with Crippen LogP contribution in [0.25, 0.3) is 33.1 Å². The Balaban J connectivity index is 2.00. The highest BCUT2D eigenvalue weighted by Crippen LogP contribution is 2.31. The number of aromatic amines is 1. The molecule has 0 radical (unpaired) electrons. The summed E-state index contributed by atoms with van der Waals surface area (Å²) >= 11 is 6.20. The summed E-state index contributed by atoms with van der Waals surface area (Å²) in [5, 5.41) is 2.41. The first-order chi connectivity index (χ1) is 10.2. The number of pyridine rings is 1. The van der Waals surface area contributed by atoms with Crippen LogP contribution in [0, 0.1) is 5.82 Å². The van der Waals surface area contributed by atoms with Gasteiger partial charge in [0, 0.05) is 22.5 Å². The molecule has 0 atom stereocenters. The minimum atomic E-state index is -0.266. The van der Waals surface area contributed by atoms with E-state index in [1.165, 1.54) is 6.07 Å². The van der Waals surface area contributed by atoms with Gasteiger partial charge in [-0.25, -0.2) is 9.37 Å². The Hall–Kier alpha value is -2.39. The molecule has 0 amide bonds. The molecule has 0 saturated heterocycles. The van der Waals surface area contributed by atoms with Gasteiger partial charge in [0.25, 0.3) is 0 Å². The molecule has 0 unspecified atom stereocenters. The third kappa shape index (κ3) is 1.89. The largest absolute Gasteiger partial charge is 0.358 e. The molecule has 0 aliphatic heterocycles. The zero-order chi connectivity index (χ0) is 14.4. The number of aromatic nitrogens is 2. The Kier molecular flexibility index (Phi) is 2.69. The summed E-state index contributed by atoms with van der Waals surface area (Å²) in [4.78, 5) is 7.59. The normalized spacial score (nSPS) is 11.3. The van der Waals surface area contributed by atoms with Gasteiger partial charge >= 0.3 is 0 Å². The molecule has 4 aromatic rings. The third-order valence-corrected chi connectivity index (χ3v) is 3.92. The van der Waals surface area contributed by atoms with Crippen LogP contribution < -0.4 is 0 Å². The lowest BCUT2D eigenvalue weighted by atomic mass is 10.1. The zero-order valence-corrected chi connectivity index (χ0v) is 11.7. The summed E-state index contributed by atoms with van der Waals surface area (Å²) in [5.74, 6) is -0.266. The van der Waals surface area contributed by atoms with Crippen LogP contribution in [0.15, 0.2) is 54.7 Å². The molecule has 2 aromatic heterocycles. The molecular weight excluding hydrogens is 287 g/mol. The second-order valence-corrected chi connectivity index (χ2v) is 5.28. The molecule has 0 aliphatic rings. The van der Waals surface area contributed by atoms with E-state index in [1.807, 2.05) is 36.4 Å². The summed E-state index contributed by atoms with van der Waals surface area (Å²) in [7, 11) is 0. The summed E-state index contributed by atoms with van der Waals surface area (Å²) in [6, 6.07) is 14.6. The van der Waals surface area contributed by atoms with E-state index in [1.54, 1.807) is 12.3 Å². The number of H-pyrrole nitrogens is 1. The number of nitrogens with zero attached hydrogens (tertiary/aromatic N) is 1. The van der Waals surface area contributed by atoms with E-state index in [2.05, 4.69) is 9.97 Å². The van der Waals surface area contributed by atoms with Crippen molar-refractivity contribution < 1.29 is 4.39 Å². The van der Waals surface area contributed by atoms with Crippen LogP contribution in [0.5, 0.6) is 0 Å². The van der Waals surface area contributed by atoms with Crippen molar-refractivity contribution in [1.29, 1.82) is 0 Å². The zero-order valence-electron chi connectivity index (χ0n) is 10.9. The Morgan fingerprint density at radius 1 is 1.00 bits per heavy atom. The van der Waals surface area contributed by atoms with E-state index in [-0.39, 0.29) is 5.82 Å². The van der Waals surface area contributed by atoms with Crippen LogP contribution in [0.1, 0.15) is 0 Å². The highest BCUT2D eigenvalue weighted by molar-refractivity contribution is 6.35. The molecule has 102 valence electrons. The van der Waals surface area contributed by atoms with E-state index in [9.17, 15) is 4.39 Å². The number of nitrogens with one attached hydrogen (secondary N) is 1. The monoisotopic (exact) mass is 296 g/mol. The van der Waals surface area contributed by atoms with Crippen molar-refractivity contribution in [2.45, 2.75) is 0 Å². The van der Waals surface area contributed by atoms with Crippen molar-refractivity contribution in [3.63, 3.8) is 0 Å². The second-order valence-electron chi connectivity index (χ2n) is 4.87. The van der Waals surface area contributed by atoms with Gasteiger partial charge in [-0.15, -0.1) is 0 Å². The maximum atomic E-state index is 13.8. The Morgan fingerprint density at radius 3 is 2.76 bits per heavy atom. The molecule has 2 aromatic carbocycles. The molecule has 0 spiro atoms. The third-order valence-electron chi connectivity index (χ3n) is 3.61. The Labute approximate surface area is 125 Å². The molecular formula is C17H10ClFN2. The molecule has 2 heterocycles. The number of rotatable bonds is 1. The van der Waals surface area contributed by atoms with Gasteiger partial charge in [0.15, 0.2) is 0 Å². The SMILES string of the molecule is Fc1cccc2c(-c3ccc4cccc(Cl)c4n3)c[nH]c12. The number of hydrogen-bond acceptors (Lipinski definition) is 1. The van der Waals surface area contributed by atoms with E-state index < -0.39 is 0 Å². The Bertz CT molecular complexity index is 975. The molecule has 1 N–H and O–H groups in total. The fraction of sp³-hybridized carbons (Fsp3) is 0. The minimum absolute atomic E-state index is 0.266. The summed E-state index contributed by atoms with van der Waals surface area (Å²) in [6.45, 7) is 0. The highest BCUT2D eigenvalue weighted by atomic mass is 35.5. The summed E-state index contributed by atoms with van der Waals surface area (Å²) < 4.78 is 13.8. The fourth-order valence-corrected chi connectivity index (χ4v) is 2.81. The van der Waals surface area contributed by atoms with Crippen molar-refractivity contribution in [3.8, 4) is 11.3 Å². The molecule has 2 nitrogen and oxygen atoms in total. The van der Waals surface area contributed by atoms with Crippen LogP contribution in [0.3, 0.4) is 0 Å².